The van der Waals surface area contributed by atoms with E-state index >= 15 is 0 Å². The molecule has 0 radical (unpaired) electrons. The number of pyridine rings is 1. The molecule has 0 amide bonds. The monoisotopic (exact) mass is 527 g/mol. The Morgan fingerprint density at radius 3 is 2.32 bits per heavy atom. The molecule has 3 aromatic rings. The number of nitrogens with zero attached hydrogens (tertiary/aromatic N) is 3. The Balaban J connectivity index is 2.20. The molecule has 1 unspecified atom stereocenters. The Kier molecular flexibility index (Phi) is 8.35. The standard InChI is InChI=1S/C25H25N3O8S/c1-16-8-10-20(11-9-16)37(33,34)27(15-23(29)35-3)17(2)24-21(25(30)36-4)12-13-22(26-24)18-6-5-7-19(14-18)28(31)32/h5-14,17H,15H2,1-4H3. The quantitative estimate of drug-likeness (QED) is 0.231. The van der Waals surface area contributed by atoms with Crippen LogP contribution in [0.3, 0.4) is 0 Å². The first kappa shape index (κ1) is 27.4. The van der Waals surface area contributed by atoms with E-state index in [9.17, 15) is 28.1 Å². The molecule has 1 atom stereocenters. The lowest BCUT2D eigenvalue weighted by Crippen LogP contribution is -2.39. The van der Waals surface area contributed by atoms with Crippen molar-refractivity contribution in [3.05, 3.63) is 87.6 Å². The van der Waals surface area contributed by atoms with Crippen LogP contribution in [0.15, 0.2) is 65.6 Å². The maximum absolute atomic E-state index is 13.6. The van der Waals surface area contributed by atoms with Crippen molar-refractivity contribution in [2.24, 2.45) is 0 Å². The van der Waals surface area contributed by atoms with Crippen LogP contribution in [-0.2, 0) is 24.3 Å². The molecule has 0 aliphatic rings. The summed E-state index contributed by atoms with van der Waals surface area (Å²) >= 11 is 0. The van der Waals surface area contributed by atoms with Gasteiger partial charge in [0.1, 0.15) is 6.54 Å². The van der Waals surface area contributed by atoms with Crippen molar-refractivity contribution in [3.63, 3.8) is 0 Å². The average molecular weight is 528 g/mol. The van der Waals surface area contributed by atoms with E-state index in [0.717, 1.165) is 17.0 Å². The van der Waals surface area contributed by atoms with Crippen molar-refractivity contribution in [2.75, 3.05) is 20.8 Å². The van der Waals surface area contributed by atoms with Crippen molar-refractivity contribution in [1.29, 1.82) is 0 Å². The first-order valence-electron chi connectivity index (χ1n) is 11.0. The number of nitro benzene ring substituents is 1. The molecule has 0 saturated heterocycles. The van der Waals surface area contributed by atoms with Crippen LogP contribution in [0.25, 0.3) is 11.3 Å². The number of hydrogen-bond donors (Lipinski definition) is 0. The van der Waals surface area contributed by atoms with Gasteiger partial charge in [-0.2, -0.15) is 4.31 Å². The second-order valence-electron chi connectivity index (χ2n) is 8.04. The minimum absolute atomic E-state index is 0.00422. The summed E-state index contributed by atoms with van der Waals surface area (Å²) in [6.45, 7) is 2.62. The summed E-state index contributed by atoms with van der Waals surface area (Å²) in [7, 11) is -1.97. The Labute approximate surface area is 213 Å². The molecule has 1 aromatic heterocycles. The lowest BCUT2D eigenvalue weighted by molar-refractivity contribution is -0.384. The molecule has 0 fully saturated rings. The third-order valence-electron chi connectivity index (χ3n) is 5.65. The van der Waals surface area contributed by atoms with E-state index in [2.05, 4.69) is 4.98 Å². The summed E-state index contributed by atoms with van der Waals surface area (Å²) in [5, 5.41) is 11.2. The van der Waals surface area contributed by atoms with Gasteiger partial charge in [-0.1, -0.05) is 29.8 Å². The second kappa shape index (κ2) is 11.3. The average Bonchev–Trinajstić information content (AvgIpc) is 2.90. The number of nitro groups is 1. The van der Waals surface area contributed by atoms with Crippen molar-refractivity contribution >= 4 is 27.6 Å². The van der Waals surface area contributed by atoms with Gasteiger partial charge in [0, 0.05) is 17.7 Å². The molecule has 0 bridgehead atoms. The van der Waals surface area contributed by atoms with Gasteiger partial charge in [-0.3, -0.25) is 19.9 Å². The molecule has 0 aliphatic heterocycles. The van der Waals surface area contributed by atoms with Crippen LogP contribution in [0.4, 0.5) is 5.69 Å². The number of rotatable bonds is 9. The normalized spacial score (nSPS) is 12.1. The molecule has 12 heteroatoms. The highest BCUT2D eigenvalue weighted by Crippen LogP contribution is 2.31. The lowest BCUT2D eigenvalue weighted by atomic mass is 10.0. The zero-order valence-corrected chi connectivity index (χ0v) is 21.4. The van der Waals surface area contributed by atoms with E-state index in [0.29, 0.717) is 5.56 Å². The molecule has 0 saturated carbocycles. The Morgan fingerprint density at radius 2 is 1.73 bits per heavy atom. The number of aromatic nitrogens is 1. The van der Waals surface area contributed by atoms with Gasteiger partial charge < -0.3 is 9.47 Å². The molecule has 194 valence electrons. The smallest absolute Gasteiger partial charge is 0.339 e. The highest BCUT2D eigenvalue weighted by molar-refractivity contribution is 7.89. The first-order chi connectivity index (χ1) is 17.5. The maximum Gasteiger partial charge on any atom is 0.339 e. The minimum Gasteiger partial charge on any atom is -0.468 e. The molecule has 0 aliphatic carbocycles. The summed E-state index contributed by atoms with van der Waals surface area (Å²) in [5.74, 6) is -1.59. The molecule has 3 rings (SSSR count). The van der Waals surface area contributed by atoms with Crippen LogP contribution in [0.2, 0.25) is 0 Å². The lowest BCUT2D eigenvalue weighted by Gasteiger charge is -2.28. The number of carbonyl (C=O) groups is 2. The number of hydrogen-bond acceptors (Lipinski definition) is 9. The van der Waals surface area contributed by atoms with Crippen LogP contribution in [0.1, 0.15) is 34.6 Å². The summed E-state index contributed by atoms with van der Waals surface area (Å²) in [4.78, 5) is 39.9. The van der Waals surface area contributed by atoms with Gasteiger partial charge in [-0.05, 0) is 38.1 Å². The summed E-state index contributed by atoms with van der Waals surface area (Å²) in [6, 6.07) is 13.5. The van der Waals surface area contributed by atoms with E-state index in [1.54, 1.807) is 25.1 Å². The number of ether oxygens (including phenoxy) is 2. The fraction of sp³-hybridized carbons (Fsp3) is 0.240. The van der Waals surface area contributed by atoms with E-state index in [4.69, 9.17) is 9.47 Å². The van der Waals surface area contributed by atoms with Gasteiger partial charge >= 0.3 is 11.9 Å². The molecule has 0 spiro atoms. The van der Waals surface area contributed by atoms with Crippen molar-refractivity contribution in [1.82, 2.24) is 9.29 Å². The SMILES string of the molecule is COC(=O)CN(C(C)c1nc(-c2cccc([N+](=O)[O-])c2)ccc1C(=O)OC)S(=O)(=O)c1ccc(C)cc1. The number of non-ortho nitro benzene ring substituents is 1. The van der Waals surface area contributed by atoms with Crippen LogP contribution in [0, 0.1) is 17.0 Å². The second-order valence-corrected chi connectivity index (χ2v) is 9.93. The van der Waals surface area contributed by atoms with Gasteiger partial charge in [-0.25, -0.2) is 13.2 Å². The number of sulfonamides is 1. The van der Waals surface area contributed by atoms with Gasteiger partial charge in [-0.15, -0.1) is 0 Å². The van der Waals surface area contributed by atoms with Crippen molar-refractivity contribution in [2.45, 2.75) is 24.8 Å². The van der Waals surface area contributed by atoms with Gasteiger partial charge in [0.15, 0.2) is 0 Å². The summed E-state index contributed by atoms with van der Waals surface area (Å²) < 4.78 is 37.7. The Hall–Kier alpha value is -4.16. The fourth-order valence-electron chi connectivity index (χ4n) is 3.62. The summed E-state index contributed by atoms with van der Waals surface area (Å²) in [5.41, 5.74) is 1.27. The number of methoxy groups -OCH3 is 2. The molecule has 11 nitrogen and oxygen atoms in total. The third kappa shape index (κ3) is 5.98. The predicted molar refractivity (Wildman–Crippen MR) is 133 cm³/mol. The number of carbonyl (C=O) groups excluding carboxylic acids is 2. The van der Waals surface area contributed by atoms with Crippen molar-refractivity contribution < 1.29 is 32.4 Å². The van der Waals surface area contributed by atoms with Gasteiger partial charge in [0.25, 0.3) is 5.69 Å². The Morgan fingerprint density at radius 1 is 1.05 bits per heavy atom. The maximum atomic E-state index is 13.6. The number of esters is 2. The van der Waals surface area contributed by atoms with Crippen LogP contribution < -0.4 is 0 Å². The largest absolute Gasteiger partial charge is 0.468 e. The molecule has 1 heterocycles. The highest BCUT2D eigenvalue weighted by Gasteiger charge is 2.35. The predicted octanol–water partition coefficient (Wildman–Crippen LogP) is 3.68. The molecule has 2 aromatic carbocycles. The molecular weight excluding hydrogens is 502 g/mol. The van der Waals surface area contributed by atoms with Gasteiger partial charge in [0.05, 0.1) is 47.0 Å². The van der Waals surface area contributed by atoms with Gasteiger partial charge in [0.2, 0.25) is 10.0 Å². The van der Waals surface area contributed by atoms with E-state index < -0.39 is 39.5 Å². The number of aryl methyl sites for hydroxylation is 1. The zero-order valence-electron chi connectivity index (χ0n) is 20.6. The van der Waals surface area contributed by atoms with E-state index in [-0.39, 0.29) is 27.5 Å². The van der Waals surface area contributed by atoms with E-state index in [1.165, 1.54) is 56.5 Å². The summed E-state index contributed by atoms with van der Waals surface area (Å²) in [6.07, 6.45) is 0. The topological polar surface area (TPSA) is 146 Å². The first-order valence-corrected chi connectivity index (χ1v) is 12.4. The van der Waals surface area contributed by atoms with Crippen LogP contribution in [0.5, 0.6) is 0 Å². The Bertz CT molecular complexity index is 1440. The van der Waals surface area contributed by atoms with Crippen LogP contribution in [-0.4, -0.2) is 55.3 Å². The molecule has 0 N–H and O–H groups in total. The zero-order chi connectivity index (χ0) is 27.3. The fourth-order valence-corrected chi connectivity index (χ4v) is 5.16. The molecule has 37 heavy (non-hydrogen) atoms. The van der Waals surface area contributed by atoms with Crippen molar-refractivity contribution in [3.8, 4) is 11.3 Å². The third-order valence-corrected chi connectivity index (χ3v) is 7.58. The minimum atomic E-state index is -4.26. The van der Waals surface area contributed by atoms with Crippen LogP contribution >= 0.6 is 0 Å². The highest BCUT2D eigenvalue weighted by atomic mass is 32.2. The van der Waals surface area contributed by atoms with E-state index in [1.807, 2.05) is 0 Å². The molecular formula is C25H25N3O8S. The number of benzene rings is 2.